The van der Waals surface area contributed by atoms with Crippen molar-refractivity contribution in [2.45, 2.75) is 51.8 Å². The van der Waals surface area contributed by atoms with Crippen LogP contribution >= 0.6 is 0 Å². The number of nitro benzene ring substituents is 1. The summed E-state index contributed by atoms with van der Waals surface area (Å²) in [5.41, 5.74) is 0.0225. The lowest BCUT2D eigenvalue weighted by Crippen LogP contribution is -2.46. The molecule has 0 aliphatic heterocycles. The number of carbonyl (C=O) groups excluding carboxylic acids is 3. The SMILES string of the molecule is CC(C)NC(=O)NC(=O)C(C)OC(=O)c1ccc(NC2CC2)c([N+](=O)[O-])c1. The molecule has 1 fully saturated rings. The first-order valence-corrected chi connectivity index (χ1v) is 8.54. The van der Waals surface area contributed by atoms with Crippen molar-refractivity contribution in [2.24, 2.45) is 0 Å². The van der Waals surface area contributed by atoms with Crippen molar-refractivity contribution < 1.29 is 24.0 Å². The van der Waals surface area contributed by atoms with Crippen LogP contribution in [0.4, 0.5) is 16.2 Å². The first-order valence-electron chi connectivity index (χ1n) is 8.54. The monoisotopic (exact) mass is 378 g/mol. The highest BCUT2D eigenvalue weighted by Gasteiger charge is 2.27. The van der Waals surface area contributed by atoms with Gasteiger partial charge in [-0.25, -0.2) is 9.59 Å². The molecule has 10 nitrogen and oxygen atoms in total. The lowest BCUT2D eigenvalue weighted by molar-refractivity contribution is -0.384. The summed E-state index contributed by atoms with van der Waals surface area (Å²) in [4.78, 5) is 46.3. The summed E-state index contributed by atoms with van der Waals surface area (Å²) in [5, 5.41) is 18.8. The second-order valence-electron chi connectivity index (χ2n) is 6.57. The number of anilines is 1. The number of benzene rings is 1. The van der Waals surface area contributed by atoms with Gasteiger partial charge in [0, 0.05) is 18.2 Å². The zero-order valence-electron chi connectivity index (χ0n) is 15.3. The summed E-state index contributed by atoms with van der Waals surface area (Å²) in [6.07, 6.45) is 0.634. The molecule has 1 aromatic rings. The van der Waals surface area contributed by atoms with E-state index in [1.807, 2.05) is 0 Å². The molecule has 0 radical (unpaired) electrons. The van der Waals surface area contributed by atoms with Crippen LogP contribution in [0, 0.1) is 10.1 Å². The van der Waals surface area contributed by atoms with Crippen LogP contribution < -0.4 is 16.0 Å². The molecular weight excluding hydrogens is 356 g/mol. The number of urea groups is 1. The highest BCUT2D eigenvalue weighted by Crippen LogP contribution is 2.31. The lowest BCUT2D eigenvalue weighted by Gasteiger charge is -2.14. The molecule has 0 bridgehead atoms. The molecule has 3 N–H and O–H groups in total. The molecule has 2 rings (SSSR count). The minimum Gasteiger partial charge on any atom is -0.449 e. The fourth-order valence-corrected chi connectivity index (χ4v) is 2.17. The highest BCUT2D eigenvalue weighted by atomic mass is 16.6. The Kier molecular flexibility index (Phi) is 6.32. The standard InChI is InChI=1S/C17H22N4O6/c1-9(2)18-17(24)20-15(22)10(3)27-16(23)11-4-7-13(19-12-5-6-12)14(8-11)21(25)26/h4,7-10,12,19H,5-6H2,1-3H3,(H2,18,20,22,24). The van der Waals surface area contributed by atoms with Crippen LogP contribution in [0.15, 0.2) is 18.2 Å². The topological polar surface area (TPSA) is 140 Å². The molecule has 1 aromatic carbocycles. The normalized spacial score (nSPS) is 14.2. The van der Waals surface area contributed by atoms with Gasteiger partial charge in [-0.1, -0.05) is 0 Å². The van der Waals surface area contributed by atoms with Crippen molar-refractivity contribution in [2.75, 3.05) is 5.32 Å². The van der Waals surface area contributed by atoms with Gasteiger partial charge in [0.05, 0.1) is 10.5 Å². The first kappa shape index (κ1) is 20.1. The Bertz CT molecular complexity index is 760. The van der Waals surface area contributed by atoms with Gasteiger partial charge in [0.2, 0.25) is 0 Å². The Hall–Kier alpha value is -3.17. The minimum atomic E-state index is -1.25. The molecule has 1 aliphatic carbocycles. The van der Waals surface area contributed by atoms with Gasteiger partial charge in [0.1, 0.15) is 5.69 Å². The second kappa shape index (κ2) is 8.47. The third kappa shape index (κ3) is 5.94. The number of amides is 3. The molecule has 27 heavy (non-hydrogen) atoms. The van der Waals surface area contributed by atoms with Crippen molar-refractivity contribution in [1.82, 2.24) is 10.6 Å². The van der Waals surface area contributed by atoms with Gasteiger partial charge in [0.15, 0.2) is 6.10 Å². The number of imide groups is 1. The van der Waals surface area contributed by atoms with Crippen molar-refractivity contribution in [3.05, 3.63) is 33.9 Å². The van der Waals surface area contributed by atoms with Crippen molar-refractivity contribution in [1.29, 1.82) is 0 Å². The molecule has 1 unspecified atom stereocenters. The van der Waals surface area contributed by atoms with Crippen molar-refractivity contribution in [3.63, 3.8) is 0 Å². The minimum absolute atomic E-state index is 0.0608. The Balaban J connectivity index is 2.01. The van der Waals surface area contributed by atoms with Gasteiger partial charge in [0.25, 0.3) is 11.6 Å². The molecule has 0 heterocycles. The van der Waals surface area contributed by atoms with E-state index in [2.05, 4.69) is 16.0 Å². The summed E-state index contributed by atoms with van der Waals surface area (Å²) in [7, 11) is 0. The molecule has 146 valence electrons. The Labute approximate surface area is 155 Å². The highest BCUT2D eigenvalue weighted by molar-refractivity contribution is 5.98. The van der Waals surface area contributed by atoms with Crippen LogP contribution in [-0.2, 0) is 9.53 Å². The summed E-state index contributed by atoms with van der Waals surface area (Å²) >= 11 is 0. The Morgan fingerprint density at radius 3 is 2.44 bits per heavy atom. The summed E-state index contributed by atoms with van der Waals surface area (Å²) in [5.74, 6) is -1.70. The van der Waals surface area contributed by atoms with E-state index in [-0.39, 0.29) is 23.3 Å². The number of carbonyl (C=O) groups is 3. The summed E-state index contributed by atoms with van der Waals surface area (Å²) in [6, 6.07) is 3.26. The molecule has 0 saturated heterocycles. The molecule has 1 atom stereocenters. The maximum Gasteiger partial charge on any atom is 0.339 e. The number of nitro groups is 1. The quantitative estimate of drug-likeness (QED) is 0.374. The van der Waals surface area contributed by atoms with Crippen LogP contribution in [0.3, 0.4) is 0 Å². The molecule has 10 heteroatoms. The molecule has 1 saturated carbocycles. The van der Waals surface area contributed by atoms with E-state index in [0.717, 1.165) is 18.9 Å². The number of rotatable bonds is 7. The second-order valence-corrected chi connectivity index (χ2v) is 6.57. The number of hydrogen-bond donors (Lipinski definition) is 3. The van der Waals surface area contributed by atoms with Crippen molar-refractivity contribution in [3.8, 4) is 0 Å². The maximum atomic E-state index is 12.2. The van der Waals surface area contributed by atoms with Gasteiger partial charge >= 0.3 is 12.0 Å². The average Bonchev–Trinajstić information content (AvgIpc) is 3.37. The van der Waals surface area contributed by atoms with Gasteiger partial charge in [-0.05, 0) is 45.7 Å². The largest absolute Gasteiger partial charge is 0.449 e. The number of ether oxygens (including phenoxy) is 1. The lowest BCUT2D eigenvalue weighted by atomic mass is 10.1. The predicted octanol–water partition coefficient (Wildman–Crippen LogP) is 1.95. The van der Waals surface area contributed by atoms with Crippen molar-refractivity contribution >= 4 is 29.3 Å². The van der Waals surface area contributed by atoms with Crippen LogP contribution in [0.2, 0.25) is 0 Å². The average molecular weight is 378 g/mol. The summed E-state index contributed by atoms with van der Waals surface area (Å²) in [6.45, 7) is 4.75. The van der Waals surface area contributed by atoms with E-state index in [1.165, 1.54) is 19.1 Å². The zero-order chi connectivity index (χ0) is 20.1. The van der Waals surface area contributed by atoms with E-state index in [4.69, 9.17) is 4.74 Å². The van der Waals surface area contributed by atoms with E-state index >= 15 is 0 Å². The molecular formula is C17H22N4O6. The number of hydrogen-bond acceptors (Lipinski definition) is 7. The number of nitrogens with one attached hydrogen (secondary N) is 3. The Morgan fingerprint density at radius 1 is 1.22 bits per heavy atom. The van der Waals surface area contributed by atoms with Gasteiger partial charge in [-0.3, -0.25) is 20.2 Å². The number of esters is 1. The summed E-state index contributed by atoms with van der Waals surface area (Å²) < 4.78 is 5.00. The van der Waals surface area contributed by atoms with Crippen LogP contribution in [0.1, 0.15) is 44.0 Å². The van der Waals surface area contributed by atoms with Gasteiger partial charge < -0.3 is 15.4 Å². The zero-order valence-corrected chi connectivity index (χ0v) is 15.3. The fourth-order valence-electron chi connectivity index (χ4n) is 2.17. The van der Waals surface area contributed by atoms with E-state index in [0.29, 0.717) is 5.69 Å². The van der Waals surface area contributed by atoms with E-state index in [9.17, 15) is 24.5 Å². The smallest absolute Gasteiger partial charge is 0.339 e. The fraction of sp³-hybridized carbons (Fsp3) is 0.471. The van der Waals surface area contributed by atoms with Gasteiger partial charge in [-0.15, -0.1) is 0 Å². The van der Waals surface area contributed by atoms with E-state index < -0.39 is 28.9 Å². The third-order valence-corrected chi connectivity index (χ3v) is 3.68. The first-order chi connectivity index (χ1) is 12.7. The van der Waals surface area contributed by atoms with Gasteiger partial charge in [-0.2, -0.15) is 0 Å². The molecule has 0 spiro atoms. The molecule has 3 amide bonds. The Morgan fingerprint density at radius 2 is 1.89 bits per heavy atom. The predicted molar refractivity (Wildman–Crippen MR) is 96.4 cm³/mol. The third-order valence-electron chi connectivity index (χ3n) is 3.68. The van der Waals surface area contributed by atoms with Crippen LogP contribution in [0.25, 0.3) is 0 Å². The molecule has 1 aliphatic rings. The van der Waals surface area contributed by atoms with Crippen LogP contribution in [-0.4, -0.2) is 41.0 Å². The molecule has 0 aromatic heterocycles. The van der Waals surface area contributed by atoms with Crippen LogP contribution in [0.5, 0.6) is 0 Å². The maximum absolute atomic E-state index is 12.2. The van der Waals surface area contributed by atoms with E-state index in [1.54, 1.807) is 13.8 Å². The number of nitrogens with zero attached hydrogens (tertiary/aromatic N) is 1.